The summed E-state index contributed by atoms with van der Waals surface area (Å²) in [6.45, 7) is 6.51. The molecule has 1 aromatic carbocycles. The van der Waals surface area contributed by atoms with E-state index in [0.717, 1.165) is 5.56 Å². The summed E-state index contributed by atoms with van der Waals surface area (Å²) in [5.41, 5.74) is 8.96. The Kier molecular flexibility index (Phi) is 5.28. The van der Waals surface area contributed by atoms with Gasteiger partial charge < -0.3 is 11.1 Å². The van der Waals surface area contributed by atoms with Crippen molar-refractivity contribution in [1.82, 2.24) is 5.32 Å². The molecule has 0 bridgehead atoms. The second-order valence-corrected chi connectivity index (χ2v) is 5.17. The van der Waals surface area contributed by atoms with Crippen molar-refractivity contribution in [3.8, 4) is 0 Å². The van der Waals surface area contributed by atoms with Crippen molar-refractivity contribution in [2.75, 3.05) is 6.54 Å². The van der Waals surface area contributed by atoms with E-state index in [-0.39, 0.29) is 11.8 Å². The Morgan fingerprint density at radius 3 is 2.61 bits per heavy atom. The van der Waals surface area contributed by atoms with Gasteiger partial charge in [0.1, 0.15) is 0 Å². The van der Waals surface area contributed by atoms with Gasteiger partial charge in [0.05, 0.1) is 11.4 Å². The number of hydrogen-bond acceptors (Lipinski definition) is 2. The predicted octanol–water partition coefficient (Wildman–Crippen LogP) is 1.88. The maximum absolute atomic E-state index is 11.7. The van der Waals surface area contributed by atoms with E-state index in [1.54, 1.807) is 0 Å². The number of hydrogen-bond donors (Lipinski definition) is 2. The fourth-order valence-corrected chi connectivity index (χ4v) is 1.61. The van der Waals surface area contributed by atoms with Gasteiger partial charge in [0.15, 0.2) is 0 Å². The van der Waals surface area contributed by atoms with Crippen molar-refractivity contribution >= 4 is 23.1 Å². The van der Waals surface area contributed by atoms with E-state index < -0.39 is 0 Å². The molecule has 0 aliphatic carbocycles. The topological polar surface area (TPSA) is 55.1 Å². The molecule has 0 aromatic heterocycles. The average Bonchev–Trinajstić information content (AvgIpc) is 2.30. The summed E-state index contributed by atoms with van der Waals surface area (Å²) in [5, 5.41) is 2.84. The fraction of sp³-hybridized carbons (Fsp3) is 0.429. The third kappa shape index (κ3) is 4.45. The zero-order valence-electron chi connectivity index (χ0n) is 11.1. The van der Waals surface area contributed by atoms with Gasteiger partial charge in [-0.15, -0.1) is 0 Å². The molecule has 0 heterocycles. The molecule has 1 unspecified atom stereocenters. The first-order valence-electron chi connectivity index (χ1n) is 6.02. The zero-order chi connectivity index (χ0) is 13.7. The van der Waals surface area contributed by atoms with Crippen molar-refractivity contribution in [2.45, 2.75) is 27.2 Å². The van der Waals surface area contributed by atoms with Gasteiger partial charge in [0.25, 0.3) is 0 Å². The lowest BCUT2D eigenvalue weighted by Crippen LogP contribution is -2.34. The van der Waals surface area contributed by atoms with Crippen LogP contribution in [0.15, 0.2) is 18.2 Å². The summed E-state index contributed by atoms with van der Waals surface area (Å²) < 4.78 is 0. The quantitative estimate of drug-likeness (QED) is 0.798. The van der Waals surface area contributed by atoms with Crippen molar-refractivity contribution in [3.05, 3.63) is 34.9 Å². The fourth-order valence-electron chi connectivity index (χ4n) is 1.53. The van der Waals surface area contributed by atoms with Crippen molar-refractivity contribution in [1.29, 1.82) is 0 Å². The smallest absolute Gasteiger partial charge is 0.224 e. The van der Waals surface area contributed by atoms with Crippen LogP contribution in [-0.4, -0.2) is 17.4 Å². The van der Waals surface area contributed by atoms with Gasteiger partial charge in [-0.3, -0.25) is 4.79 Å². The first-order valence-corrected chi connectivity index (χ1v) is 6.43. The molecular weight excluding hydrogens is 244 g/mol. The lowest BCUT2D eigenvalue weighted by atomic mass is 10.0. The number of nitrogens with two attached hydrogens (primary N) is 1. The summed E-state index contributed by atoms with van der Waals surface area (Å²) in [5.74, 6) is 0.0325. The summed E-state index contributed by atoms with van der Waals surface area (Å²) in [7, 11) is 0. The van der Waals surface area contributed by atoms with Gasteiger partial charge in [-0.2, -0.15) is 0 Å². The minimum absolute atomic E-state index is 0.00125. The second-order valence-electron chi connectivity index (χ2n) is 4.70. The highest BCUT2D eigenvalue weighted by molar-refractivity contribution is 7.80. The van der Waals surface area contributed by atoms with E-state index in [2.05, 4.69) is 12.2 Å². The molecule has 4 heteroatoms. The molecule has 18 heavy (non-hydrogen) atoms. The van der Waals surface area contributed by atoms with Crippen LogP contribution in [0.3, 0.4) is 0 Å². The number of carbonyl (C=O) groups excluding carboxylic acids is 1. The van der Waals surface area contributed by atoms with E-state index in [9.17, 15) is 4.79 Å². The third-order valence-corrected chi connectivity index (χ3v) is 3.43. The summed E-state index contributed by atoms with van der Waals surface area (Å²) in [6.07, 6.45) is 0.394. The minimum atomic E-state index is 0.00125. The number of carbonyl (C=O) groups is 1. The third-order valence-electron chi connectivity index (χ3n) is 3.03. The molecule has 0 aliphatic rings. The molecule has 0 fully saturated rings. The molecule has 0 saturated heterocycles. The lowest BCUT2D eigenvalue weighted by Gasteiger charge is -2.11. The van der Waals surface area contributed by atoms with Crippen LogP contribution in [0.5, 0.6) is 0 Å². The highest BCUT2D eigenvalue weighted by Crippen LogP contribution is 2.10. The SMILES string of the molecule is Cc1ccc(CC(=O)NCC(C)C(N)=S)cc1C. The number of thiocarbonyl (C=S) groups is 1. The van der Waals surface area contributed by atoms with Crippen LogP contribution in [0.25, 0.3) is 0 Å². The Morgan fingerprint density at radius 1 is 1.39 bits per heavy atom. The van der Waals surface area contributed by atoms with Crippen molar-refractivity contribution in [2.24, 2.45) is 11.7 Å². The molecular formula is C14H20N2OS. The Labute approximate surface area is 114 Å². The summed E-state index contributed by atoms with van der Waals surface area (Å²) >= 11 is 4.86. The molecule has 1 aromatic rings. The number of aryl methyl sites for hydroxylation is 2. The maximum Gasteiger partial charge on any atom is 0.224 e. The Bertz CT molecular complexity index is 457. The van der Waals surface area contributed by atoms with Crippen molar-refractivity contribution in [3.63, 3.8) is 0 Å². The van der Waals surface area contributed by atoms with Crippen LogP contribution in [0.4, 0.5) is 0 Å². The molecule has 1 rings (SSSR count). The van der Waals surface area contributed by atoms with Gasteiger partial charge in [-0.05, 0) is 30.5 Å². The van der Waals surface area contributed by atoms with Gasteiger partial charge in [-0.25, -0.2) is 0 Å². The normalized spacial score (nSPS) is 11.9. The standard InChI is InChI=1S/C14H20N2OS/c1-9-4-5-12(6-10(9)2)7-13(17)16-8-11(3)14(15)18/h4-6,11H,7-8H2,1-3H3,(H2,15,18)(H,16,17). The van der Waals surface area contributed by atoms with Crippen LogP contribution in [0.1, 0.15) is 23.6 Å². The average molecular weight is 264 g/mol. The summed E-state index contributed by atoms with van der Waals surface area (Å²) in [4.78, 5) is 12.2. The van der Waals surface area contributed by atoms with E-state index in [1.807, 2.05) is 32.0 Å². The molecule has 1 atom stereocenters. The largest absolute Gasteiger partial charge is 0.393 e. The number of rotatable bonds is 5. The molecule has 1 amide bonds. The van der Waals surface area contributed by atoms with Crippen LogP contribution >= 0.6 is 12.2 Å². The van der Waals surface area contributed by atoms with Gasteiger partial charge in [0, 0.05) is 12.5 Å². The maximum atomic E-state index is 11.7. The Morgan fingerprint density at radius 2 is 2.06 bits per heavy atom. The van der Waals surface area contributed by atoms with Gasteiger partial charge >= 0.3 is 0 Å². The van der Waals surface area contributed by atoms with Gasteiger partial charge in [-0.1, -0.05) is 37.3 Å². The van der Waals surface area contributed by atoms with E-state index >= 15 is 0 Å². The first-order chi connectivity index (χ1) is 8.40. The minimum Gasteiger partial charge on any atom is -0.393 e. The lowest BCUT2D eigenvalue weighted by molar-refractivity contribution is -0.120. The van der Waals surface area contributed by atoms with E-state index in [1.165, 1.54) is 11.1 Å². The number of benzene rings is 1. The number of nitrogens with one attached hydrogen (secondary N) is 1. The van der Waals surface area contributed by atoms with E-state index in [0.29, 0.717) is 18.0 Å². The Hall–Kier alpha value is -1.42. The van der Waals surface area contributed by atoms with Crippen molar-refractivity contribution < 1.29 is 4.79 Å². The van der Waals surface area contributed by atoms with Crippen LogP contribution in [0, 0.1) is 19.8 Å². The summed E-state index contributed by atoms with van der Waals surface area (Å²) in [6, 6.07) is 6.07. The molecule has 0 radical (unpaired) electrons. The second kappa shape index (κ2) is 6.50. The Balaban J connectivity index is 2.49. The molecule has 98 valence electrons. The molecule has 3 N–H and O–H groups in total. The highest BCUT2D eigenvalue weighted by Gasteiger charge is 2.08. The molecule has 0 spiro atoms. The predicted molar refractivity (Wildman–Crippen MR) is 78.6 cm³/mol. The van der Waals surface area contributed by atoms with Gasteiger partial charge in [0.2, 0.25) is 5.91 Å². The molecule has 0 saturated carbocycles. The highest BCUT2D eigenvalue weighted by atomic mass is 32.1. The van der Waals surface area contributed by atoms with E-state index in [4.69, 9.17) is 18.0 Å². The molecule has 3 nitrogen and oxygen atoms in total. The van der Waals surface area contributed by atoms with Crippen LogP contribution in [0.2, 0.25) is 0 Å². The number of amides is 1. The molecule has 0 aliphatic heterocycles. The monoisotopic (exact) mass is 264 g/mol. The van der Waals surface area contributed by atoms with Crippen LogP contribution in [-0.2, 0) is 11.2 Å². The van der Waals surface area contributed by atoms with Crippen LogP contribution < -0.4 is 11.1 Å². The first kappa shape index (κ1) is 14.6. The zero-order valence-corrected chi connectivity index (χ0v) is 11.9.